The van der Waals surface area contributed by atoms with Crippen LogP contribution in [-0.4, -0.2) is 17.4 Å². The SMILES string of the molecule is Cc1ccc(-c2cnc(CCC(=O)N3CCCc4cc(C)ccc43)o2)cc1. The highest BCUT2D eigenvalue weighted by atomic mass is 16.4. The first-order valence-electron chi connectivity index (χ1n) is 9.52. The van der Waals surface area contributed by atoms with Crippen molar-refractivity contribution in [1.29, 1.82) is 0 Å². The Bertz CT molecular complexity index is 957. The Kier molecular flexibility index (Phi) is 4.80. The highest BCUT2D eigenvalue weighted by molar-refractivity contribution is 5.94. The molecule has 1 aliphatic heterocycles. The lowest BCUT2D eigenvalue weighted by molar-refractivity contribution is -0.118. The molecule has 1 amide bonds. The molecule has 138 valence electrons. The number of fused-ring (bicyclic) bond motifs is 1. The minimum atomic E-state index is 0.134. The lowest BCUT2D eigenvalue weighted by Crippen LogP contribution is -2.35. The molecule has 1 aliphatic rings. The van der Waals surface area contributed by atoms with E-state index >= 15 is 0 Å². The zero-order chi connectivity index (χ0) is 18.8. The second kappa shape index (κ2) is 7.39. The molecule has 0 aliphatic carbocycles. The highest BCUT2D eigenvalue weighted by Gasteiger charge is 2.22. The van der Waals surface area contributed by atoms with Gasteiger partial charge in [0.25, 0.3) is 0 Å². The number of oxazole rings is 1. The summed E-state index contributed by atoms with van der Waals surface area (Å²) in [6.07, 6.45) is 4.71. The number of rotatable bonds is 4. The van der Waals surface area contributed by atoms with Crippen LogP contribution in [-0.2, 0) is 17.6 Å². The highest BCUT2D eigenvalue weighted by Crippen LogP contribution is 2.29. The summed E-state index contributed by atoms with van der Waals surface area (Å²) in [5.74, 6) is 1.49. The number of aromatic nitrogens is 1. The third-order valence-corrected chi connectivity index (χ3v) is 5.10. The summed E-state index contributed by atoms with van der Waals surface area (Å²) in [4.78, 5) is 19.1. The van der Waals surface area contributed by atoms with Crippen molar-refractivity contribution in [3.05, 3.63) is 71.2 Å². The van der Waals surface area contributed by atoms with Crippen LogP contribution in [0.15, 0.2) is 53.1 Å². The van der Waals surface area contributed by atoms with Gasteiger partial charge in [0.1, 0.15) is 0 Å². The van der Waals surface area contributed by atoms with Gasteiger partial charge in [0.15, 0.2) is 11.7 Å². The minimum Gasteiger partial charge on any atom is -0.441 e. The third-order valence-electron chi connectivity index (χ3n) is 5.10. The molecule has 2 aromatic carbocycles. The number of hydrogen-bond acceptors (Lipinski definition) is 3. The fraction of sp³-hybridized carbons (Fsp3) is 0.304. The predicted molar refractivity (Wildman–Crippen MR) is 107 cm³/mol. The molecule has 0 saturated carbocycles. The van der Waals surface area contributed by atoms with Crippen LogP contribution in [0.5, 0.6) is 0 Å². The summed E-state index contributed by atoms with van der Waals surface area (Å²) in [7, 11) is 0. The number of carbonyl (C=O) groups excluding carboxylic acids is 1. The zero-order valence-corrected chi connectivity index (χ0v) is 15.9. The molecule has 0 N–H and O–H groups in total. The molecule has 0 fully saturated rings. The quantitative estimate of drug-likeness (QED) is 0.667. The van der Waals surface area contributed by atoms with Crippen LogP contribution in [0, 0.1) is 13.8 Å². The first-order chi connectivity index (χ1) is 13.1. The van der Waals surface area contributed by atoms with Crippen LogP contribution in [0.25, 0.3) is 11.3 Å². The fourth-order valence-corrected chi connectivity index (χ4v) is 3.61. The molecule has 0 atom stereocenters. The standard InChI is InChI=1S/C23H24N2O2/c1-16-5-8-18(9-6-16)21-15-24-22(27-21)11-12-23(26)25-13-3-4-19-14-17(2)7-10-20(19)25/h5-10,14-15H,3-4,11-13H2,1-2H3. The number of benzene rings is 2. The number of anilines is 1. The van der Waals surface area contributed by atoms with Crippen LogP contribution >= 0.6 is 0 Å². The van der Waals surface area contributed by atoms with Crippen molar-refractivity contribution in [3.8, 4) is 11.3 Å². The molecule has 0 unspecified atom stereocenters. The predicted octanol–water partition coefficient (Wildman–Crippen LogP) is 4.87. The van der Waals surface area contributed by atoms with Crippen molar-refractivity contribution in [3.63, 3.8) is 0 Å². The van der Waals surface area contributed by atoms with Gasteiger partial charge >= 0.3 is 0 Å². The Morgan fingerprint density at radius 2 is 1.89 bits per heavy atom. The molecule has 0 bridgehead atoms. The molecular weight excluding hydrogens is 336 g/mol. The third kappa shape index (κ3) is 3.80. The van der Waals surface area contributed by atoms with E-state index in [9.17, 15) is 4.79 Å². The fourth-order valence-electron chi connectivity index (χ4n) is 3.61. The molecule has 4 rings (SSSR count). The van der Waals surface area contributed by atoms with Crippen molar-refractivity contribution < 1.29 is 9.21 Å². The number of nitrogens with zero attached hydrogens (tertiary/aromatic N) is 2. The van der Waals surface area contributed by atoms with Gasteiger partial charge in [0.05, 0.1) is 6.20 Å². The molecule has 0 radical (unpaired) electrons. The van der Waals surface area contributed by atoms with Crippen LogP contribution in [0.4, 0.5) is 5.69 Å². The van der Waals surface area contributed by atoms with Crippen LogP contribution in [0.3, 0.4) is 0 Å². The normalized spacial score (nSPS) is 13.5. The van der Waals surface area contributed by atoms with Gasteiger partial charge in [-0.25, -0.2) is 4.98 Å². The molecule has 4 nitrogen and oxygen atoms in total. The summed E-state index contributed by atoms with van der Waals surface area (Å²) in [6.45, 7) is 4.94. The average molecular weight is 360 g/mol. The Hall–Kier alpha value is -2.88. The van der Waals surface area contributed by atoms with Crippen molar-refractivity contribution in [2.24, 2.45) is 0 Å². The number of carbonyl (C=O) groups is 1. The maximum Gasteiger partial charge on any atom is 0.227 e. The molecule has 1 aromatic heterocycles. The number of amides is 1. The molecular formula is C23H24N2O2. The summed E-state index contributed by atoms with van der Waals surface area (Å²) in [6, 6.07) is 14.5. The Labute approximate surface area is 159 Å². The van der Waals surface area contributed by atoms with E-state index in [4.69, 9.17) is 4.42 Å². The van der Waals surface area contributed by atoms with E-state index in [1.165, 1.54) is 16.7 Å². The van der Waals surface area contributed by atoms with Gasteiger partial charge in [-0.15, -0.1) is 0 Å². The Morgan fingerprint density at radius 3 is 2.70 bits per heavy atom. The van der Waals surface area contributed by atoms with Gasteiger partial charge in [-0.2, -0.15) is 0 Å². The van der Waals surface area contributed by atoms with Crippen molar-refractivity contribution in [2.45, 2.75) is 39.5 Å². The summed E-state index contributed by atoms with van der Waals surface area (Å²) < 4.78 is 5.85. The first-order valence-corrected chi connectivity index (χ1v) is 9.52. The van der Waals surface area contributed by atoms with E-state index in [1.807, 2.05) is 17.0 Å². The van der Waals surface area contributed by atoms with Gasteiger partial charge in [0.2, 0.25) is 5.91 Å². The van der Waals surface area contributed by atoms with Gasteiger partial charge in [-0.05, 0) is 38.3 Å². The van der Waals surface area contributed by atoms with Gasteiger partial charge in [0, 0.05) is 30.6 Å². The minimum absolute atomic E-state index is 0.134. The van der Waals surface area contributed by atoms with E-state index in [1.54, 1.807) is 6.20 Å². The summed E-state index contributed by atoms with van der Waals surface area (Å²) in [5.41, 5.74) is 5.79. The van der Waals surface area contributed by atoms with Crippen molar-refractivity contribution in [1.82, 2.24) is 4.98 Å². The van der Waals surface area contributed by atoms with Crippen LogP contribution in [0.1, 0.15) is 35.4 Å². The first kappa shape index (κ1) is 17.5. The van der Waals surface area contributed by atoms with Crippen LogP contribution in [0.2, 0.25) is 0 Å². The van der Waals surface area contributed by atoms with Gasteiger partial charge in [-0.3, -0.25) is 4.79 Å². The summed E-state index contributed by atoms with van der Waals surface area (Å²) in [5, 5.41) is 0. The zero-order valence-electron chi connectivity index (χ0n) is 15.9. The smallest absolute Gasteiger partial charge is 0.227 e. The van der Waals surface area contributed by atoms with Gasteiger partial charge in [-0.1, -0.05) is 47.5 Å². The Morgan fingerprint density at radius 1 is 1.11 bits per heavy atom. The van der Waals surface area contributed by atoms with E-state index in [0.717, 1.165) is 36.4 Å². The molecule has 0 spiro atoms. The second-order valence-corrected chi connectivity index (χ2v) is 7.27. The number of hydrogen-bond donors (Lipinski definition) is 0. The molecule has 4 heteroatoms. The van der Waals surface area contributed by atoms with Crippen molar-refractivity contribution in [2.75, 3.05) is 11.4 Å². The topological polar surface area (TPSA) is 46.3 Å². The summed E-state index contributed by atoms with van der Waals surface area (Å²) >= 11 is 0. The van der Waals surface area contributed by atoms with Crippen molar-refractivity contribution >= 4 is 11.6 Å². The second-order valence-electron chi connectivity index (χ2n) is 7.27. The lowest BCUT2D eigenvalue weighted by atomic mass is 9.99. The maximum atomic E-state index is 12.8. The van der Waals surface area contributed by atoms with E-state index in [0.29, 0.717) is 18.7 Å². The molecule has 27 heavy (non-hydrogen) atoms. The molecule has 0 saturated heterocycles. The van der Waals surface area contributed by atoms with E-state index in [2.05, 4.69) is 49.2 Å². The number of aryl methyl sites for hydroxylation is 4. The maximum absolute atomic E-state index is 12.8. The average Bonchev–Trinajstić information content (AvgIpc) is 3.15. The largest absolute Gasteiger partial charge is 0.441 e. The Balaban J connectivity index is 1.43. The monoisotopic (exact) mass is 360 g/mol. The van der Waals surface area contributed by atoms with Crippen LogP contribution < -0.4 is 4.90 Å². The molecule has 3 aromatic rings. The van der Waals surface area contributed by atoms with E-state index in [-0.39, 0.29) is 5.91 Å². The molecule has 2 heterocycles. The van der Waals surface area contributed by atoms with E-state index < -0.39 is 0 Å². The van der Waals surface area contributed by atoms with Gasteiger partial charge < -0.3 is 9.32 Å². The lowest BCUT2D eigenvalue weighted by Gasteiger charge is -2.29.